The lowest BCUT2D eigenvalue weighted by Gasteiger charge is -2.17. The predicted octanol–water partition coefficient (Wildman–Crippen LogP) is 1.73. The molecule has 1 amide bonds. The van der Waals surface area contributed by atoms with Crippen LogP contribution in [0.3, 0.4) is 0 Å². The first-order valence-electron chi connectivity index (χ1n) is 5.98. The largest absolute Gasteiger partial charge is 0.481 e. The smallest absolute Gasteiger partial charge is 0.308 e. The van der Waals surface area contributed by atoms with Crippen molar-refractivity contribution in [2.24, 2.45) is 5.92 Å². The number of carboxylic acid groups (broad SMARTS) is 1. The number of aliphatic carboxylic acids is 1. The highest BCUT2D eigenvalue weighted by atomic mass is 16.5. The highest BCUT2D eigenvalue weighted by molar-refractivity contribution is 5.93. The summed E-state index contributed by atoms with van der Waals surface area (Å²) in [7, 11) is 1.52. The zero-order chi connectivity index (χ0) is 14.7. The summed E-state index contributed by atoms with van der Waals surface area (Å²) in [4.78, 5) is 24.1. The molecule has 0 bridgehead atoms. The molecule has 2 aromatic rings. The van der Waals surface area contributed by atoms with Gasteiger partial charge in [0.2, 0.25) is 5.76 Å². The predicted molar refractivity (Wildman–Crippen MR) is 68.0 cm³/mol. The van der Waals surface area contributed by atoms with Crippen molar-refractivity contribution in [3.63, 3.8) is 0 Å². The average molecular weight is 278 g/mol. The van der Waals surface area contributed by atoms with Crippen molar-refractivity contribution in [2.75, 3.05) is 13.6 Å². The molecule has 7 nitrogen and oxygen atoms in total. The molecule has 20 heavy (non-hydrogen) atoms. The summed E-state index contributed by atoms with van der Waals surface area (Å²) < 4.78 is 10.2. The minimum atomic E-state index is -0.957. The Morgan fingerprint density at radius 3 is 2.80 bits per heavy atom. The van der Waals surface area contributed by atoms with E-state index in [2.05, 4.69) is 5.16 Å². The molecule has 0 saturated heterocycles. The summed E-state index contributed by atoms with van der Waals surface area (Å²) in [6.07, 6.45) is 1.49. The topological polar surface area (TPSA) is 96.8 Å². The average Bonchev–Trinajstić information content (AvgIpc) is 3.07. The van der Waals surface area contributed by atoms with Gasteiger partial charge in [-0.15, -0.1) is 0 Å². The fourth-order valence-corrected chi connectivity index (χ4v) is 1.68. The number of carbonyl (C=O) groups is 2. The van der Waals surface area contributed by atoms with E-state index in [0.29, 0.717) is 11.5 Å². The van der Waals surface area contributed by atoms with Gasteiger partial charge in [0, 0.05) is 19.7 Å². The van der Waals surface area contributed by atoms with Gasteiger partial charge in [-0.2, -0.15) is 0 Å². The van der Waals surface area contributed by atoms with E-state index in [9.17, 15) is 9.59 Å². The van der Waals surface area contributed by atoms with Crippen LogP contribution < -0.4 is 0 Å². The Labute approximate surface area is 114 Å². The molecule has 1 atom stereocenters. The normalized spacial score (nSPS) is 12.1. The molecule has 7 heteroatoms. The number of aromatic nitrogens is 1. The molecule has 0 radical (unpaired) electrons. The van der Waals surface area contributed by atoms with Gasteiger partial charge < -0.3 is 18.9 Å². The summed E-state index contributed by atoms with van der Waals surface area (Å²) in [5.41, 5.74) is 0.108. The van der Waals surface area contributed by atoms with Crippen molar-refractivity contribution in [3.05, 3.63) is 30.2 Å². The van der Waals surface area contributed by atoms with Crippen LogP contribution in [0.5, 0.6) is 0 Å². The van der Waals surface area contributed by atoms with Crippen LogP contribution in [-0.4, -0.2) is 40.6 Å². The van der Waals surface area contributed by atoms with Crippen LogP contribution in [-0.2, 0) is 4.79 Å². The van der Waals surface area contributed by atoms with Crippen molar-refractivity contribution in [3.8, 4) is 11.5 Å². The van der Waals surface area contributed by atoms with Gasteiger partial charge in [0.1, 0.15) is 0 Å². The third-order valence-electron chi connectivity index (χ3n) is 2.81. The zero-order valence-electron chi connectivity index (χ0n) is 11.1. The van der Waals surface area contributed by atoms with Crippen LogP contribution in [0.1, 0.15) is 17.4 Å². The van der Waals surface area contributed by atoms with E-state index in [0.717, 1.165) is 0 Å². The lowest BCUT2D eigenvalue weighted by Crippen LogP contribution is -2.33. The molecule has 2 rings (SSSR count). The first-order chi connectivity index (χ1) is 9.49. The van der Waals surface area contributed by atoms with Crippen molar-refractivity contribution >= 4 is 11.9 Å². The standard InChI is InChI=1S/C13H14N2O5/c1-8(13(17)18)7-15(2)12(16)9-6-11(20-14-9)10-4-3-5-19-10/h3-6,8H,7H2,1-2H3,(H,17,18). The maximum absolute atomic E-state index is 12.1. The van der Waals surface area contributed by atoms with E-state index in [1.54, 1.807) is 12.1 Å². The molecular weight excluding hydrogens is 264 g/mol. The Kier molecular flexibility index (Phi) is 3.88. The SMILES string of the molecule is CC(CN(C)C(=O)c1cc(-c2ccco2)on1)C(=O)O. The second kappa shape index (κ2) is 5.60. The van der Waals surface area contributed by atoms with E-state index >= 15 is 0 Å². The van der Waals surface area contributed by atoms with Gasteiger partial charge >= 0.3 is 5.97 Å². The van der Waals surface area contributed by atoms with Crippen LogP contribution in [0.2, 0.25) is 0 Å². The van der Waals surface area contributed by atoms with Gasteiger partial charge in [0.05, 0.1) is 12.2 Å². The summed E-state index contributed by atoms with van der Waals surface area (Å²) in [5.74, 6) is -1.20. The van der Waals surface area contributed by atoms with Crippen molar-refractivity contribution in [1.29, 1.82) is 0 Å². The molecule has 1 unspecified atom stereocenters. The quantitative estimate of drug-likeness (QED) is 0.894. The number of amides is 1. The summed E-state index contributed by atoms with van der Waals surface area (Å²) in [6.45, 7) is 1.63. The van der Waals surface area contributed by atoms with E-state index < -0.39 is 17.8 Å². The maximum atomic E-state index is 12.1. The van der Waals surface area contributed by atoms with Gasteiger partial charge in [-0.25, -0.2) is 0 Å². The molecule has 0 fully saturated rings. The van der Waals surface area contributed by atoms with E-state index in [-0.39, 0.29) is 12.2 Å². The summed E-state index contributed by atoms with van der Waals surface area (Å²) in [5, 5.41) is 12.5. The molecule has 2 aromatic heterocycles. The van der Waals surface area contributed by atoms with Crippen LogP contribution in [0.4, 0.5) is 0 Å². The molecule has 0 saturated carbocycles. The molecule has 0 aromatic carbocycles. The van der Waals surface area contributed by atoms with Gasteiger partial charge in [-0.3, -0.25) is 9.59 Å². The van der Waals surface area contributed by atoms with Crippen molar-refractivity contribution < 1.29 is 23.6 Å². The lowest BCUT2D eigenvalue weighted by atomic mass is 10.1. The van der Waals surface area contributed by atoms with E-state index in [1.165, 1.54) is 31.2 Å². The van der Waals surface area contributed by atoms with Gasteiger partial charge in [0.15, 0.2) is 11.5 Å². The maximum Gasteiger partial charge on any atom is 0.308 e. The molecule has 1 N–H and O–H groups in total. The zero-order valence-corrected chi connectivity index (χ0v) is 11.1. The highest BCUT2D eigenvalue weighted by Gasteiger charge is 2.22. The fourth-order valence-electron chi connectivity index (χ4n) is 1.68. The molecule has 0 aliphatic rings. The number of hydrogen-bond acceptors (Lipinski definition) is 5. The van der Waals surface area contributed by atoms with Crippen LogP contribution in [0, 0.1) is 5.92 Å². The Hall–Kier alpha value is -2.57. The second-order valence-corrected chi connectivity index (χ2v) is 4.48. The number of carboxylic acids is 1. The number of rotatable bonds is 5. The first-order valence-corrected chi connectivity index (χ1v) is 5.98. The summed E-state index contributed by atoms with van der Waals surface area (Å²) in [6, 6.07) is 4.84. The fraction of sp³-hybridized carbons (Fsp3) is 0.308. The van der Waals surface area contributed by atoms with Crippen LogP contribution >= 0.6 is 0 Å². The van der Waals surface area contributed by atoms with Crippen molar-refractivity contribution in [1.82, 2.24) is 10.1 Å². The lowest BCUT2D eigenvalue weighted by molar-refractivity contribution is -0.141. The van der Waals surface area contributed by atoms with Crippen molar-refractivity contribution in [2.45, 2.75) is 6.92 Å². The van der Waals surface area contributed by atoms with Gasteiger partial charge in [-0.05, 0) is 12.1 Å². The van der Waals surface area contributed by atoms with E-state index in [4.69, 9.17) is 14.0 Å². The van der Waals surface area contributed by atoms with Gasteiger partial charge in [-0.1, -0.05) is 12.1 Å². The molecule has 106 valence electrons. The Bertz CT molecular complexity index is 602. The third-order valence-corrected chi connectivity index (χ3v) is 2.81. The number of furan rings is 1. The van der Waals surface area contributed by atoms with Gasteiger partial charge in [0.25, 0.3) is 5.91 Å². The number of hydrogen-bond donors (Lipinski definition) is 1. The first kappa shape index (κ1) is 13.9. The molecule has 0 aliphatic heterocycles. The molecule has 2 heterocycles. The number of nitrogens with zero attached hydrogens (tertiary/aromatic N) is 2. The third kappa shape index (κ3) is 2.87. The Morgan fingerprint density at radius 2 is 2.20 bits per heavy atom. The second-order valence-electron chi connectivity index (χ2n) is 4.48. The Balaban J connectivity index is 2.08. The number of carbonyl (C=O) groups excluding carboxylic acids is 1. The minimum absolute atomic E-state index is 0.0944. The monoisotopic (exact) mass is 278 g/mol. The Morgan fingerprint density at radius 1 is 1.45 bits per heavy atom. The van der Waals surface area contributed by atoms with Crippen LogP contribution in [0.15, 0.2) is 33.4 Å². The van der Waals surface area contributed by atoms with Crippen LogP contribution in [0.25, 0.3) is 11.5 Å². The minimum Gasteiger partial charge on any atom is -0.481 e. The van der Waals surface area contributed by atoms with E-state index in [1.807, 2.05) is 0 Å². The molecular formula is C13H14N2O5. The molecule has 0 spiro atoms. The summed E-state index contributed by atoms with van der Waals surface area (Å²) >= 11 is 0. The highest BCUT2D eigenvalue weighted by Crippen LogP contribution is 2.21. The molecule has 0 aliphatic carbocycles.